The van der Waals surface area contributed by atoms with Gasteiger partial charge < -0.3 is 19.8 Å². The van der Waals surface area contributed by atoms with Gasteiger partial charge in [0.15, 0.2) is 5.82 Å². The van der Waals surface area contributed by atoms with Gasteiger partial charge in [0.1, 0.15) is 0 Å². The van der Waals surface area contributed by atoms with Crippen LogP contribution in [0.3, 0.4) is 0 Å². The molecule has 0 bridgehead atoms. The maximum atomic E-state index is 13.1. The van der Waals surface area contributed by atoms with Gasteiger partial charge in [-0.05, 0) is 19.9 Å². The average molecular weight is 417 g/mol. The molecule has 0 spiro atoms. The highest BCUT2D eigenvalue weighted by Crippen LogP contribution is 2.25. The molecule has 1 atom stereocenters. The number of carboxylic acid groups (broad SMARTS) is 1. The number of likely N-dealkylation sites (N-methyl/N-ethyl adjacent to an activating group) is 1. The number of carbonyl (C=O) groups excluding carboxylic acids is 1. The number of rotatable bonds is 5. The Balaban J connectivity index is 1.36. The van der Waals surface area contributed by atoms with Crippen LogP contribution in [0.25, 0.3) is 0 Å². The molecule has 1 N–H and O–H groups in total. The number of likely N-dealkylation sites (tertiary alicyclic amines) is 1. The van der Waals surface area contributed by atoms with E-state index in [1.807, 2.05) is 4.90 Å². The van der Waals surface area contributed by atoms with Crippen molar-refractivity contribution >= 4 is 17.8 Å². The fraction of sp³-hybridized carbons (Fsp3) is 0.714. The van der Waals surface area contributed by atoms with Crippen molar-refractivity contribution in [1.29, 1.82) is 0 Å². The summed E-state index contributed by atoms with van der Waals surface area (Å²) in [6.45, 7) is 7.28. The van der Waals surface area contributed by atoms with Crippen molar-refractivity contribution < 1.29 is 14.7 Å². The van der Waals surface area contributed by atoms with Crippen LogP contribution < -0.4 is 4.90 Å². The predicted octanol–water partition coefficient (Wildman–Crippen LogP) is 0.934. The van der Waals surface area contributed by atoms with Crippen LogP contribution in [0.5, 0.6) is 0 Å². The number of amides is 2. The number of piperidine rings is 1. The summed E-state index contributed by atoms with van der Waals surface area (Å²) in [5.74, 6) is -0.452. The molecule has 2 fully saturated rings. The lowest BCUT2D eigenvalue weighted by Gasteiger charge is -2.37. The summed E-state index contributed by atoms with van der Waals surface area (Å²) in [7, 11) is 2.11. The molecule has 0 saturated carbocycles. The highest BCUT2D eigenvalue weighted by molar-refractivity contribution is 5.93. The molecule has 0 radical (unpaired) electrons. The first-order chi connectivity index (χ1) is 14.4. The van der Waals surface area contributed by atoms with Crippen LogP contribution in [-0.2, 0) is 17.6 Å². The summed E-state index contributed by atoms with van der Waals surface area (Å²) in [4.78, 5) is 41.9. The number of carboxylic acids is 1. The third-order valence-corrected chi connectivity index (χ3v) is 6.65. The maximum Gasteiger partial charge on any atom is 0.326 e. The topological polar surface area (TPSA) is 93.1 Å². The van der Waals surface area contributed by atoms with E-state index in [4.69, 9.17) is 10.1 Å². The zero-order chi connectivity index (χ0) is 21.3. The number of hydrogen-bond donors (Lipinski definition) is 1. The van der Waals surface area contributed by atoms with E-state index >= 15 is 0 Å². The number of aromatic nitrogens is 2. The Morgan fingerprint density at radius 3 is 2.53 bits per heavy atom. The Morgan fingerprint density at radius 1 is 1.13 bits per heavy atom. The lowest BCUT2D eigenvalue weighted by molar-refractivity contribution is -0.141. The molecule has 1 aromatic heterocycles. The summed E-state index contributed by atoms with van der Waals surface area (Å²) < 4.78 is 0. The van der Waals surface area contributed by atoms with Crippen LogP contribution in [0.4, 0.5) is 10.6 Å². The van der Waals surface area contributed by atoms with Gasteiger partial charge in [0.25, 0.3) is 0 Å². The number of carbonyl (C=O) groups is 2. The second-order valence-corrected chi connectivity index (χ2v) is 8.82. The Bertz CT molecular complexity index is 795. The Hall–Kier alpha value is -2.26. The van der Waals surface area contributed by atoms with Crippen molar-refractivity contribution in [2.75, 3.05) is 57.8 Å². The van der Waals surface area contributed by atoms with E-state index in [-0.39, 0.29) is 18.0 Å². The Kier molecular flexibility index (Phi) is 6.19. The summed E-state index contributed by atoms with van der Waals surface area (Å²) in [6, 6.07) is 0.230. The molecule has 1 aromatic rings. The number of nitrogens with zero attached hydrogens (tertiary/aromatic N) is 6. The third kappa shape index (κ3) is 4.41. The fourth-order valence-electron chi connectivity index (χ4n) is 4.67. The van der Waals surface area contributed by atoms with Crippen molar-refractivity contribution in [2.45, 2.75) is 38.6 Å². The Labute approximate surface area is 177 Å². The number of urea groups is 1. The molecule has 2 saturated heterocycles. The molecule has 164 valence electrons. The average Bonchev–Trinajstić information content (AvgIpc) is 3.02. The van der Waals surface area contributed by atoms with Gasteiger partial charge in [-0.25, -0.2) is 9.78 Å². The molecule has 2 amide bonds. The van der Waals surface area contributed by atoms with Crippen molar-refractivity contribution in [3.8, 4) is 0 Å². The largest absolute Gasteiger partial charge is 0.481 e. The molecule has 4 rings (SSSR count). The van der Waals surface area contributed by atoms with Crippen molar-refractivity contribution in [2.24, 2.45) is 5.92 Å². The van der Waals surface area contributed by atoms with Crippen LogP contribution in [-0.4, -0.2) is 101 Å². The molecule has 9 nitrogen and oxygen atoms in total. The quantitative estimate of drug-likeness (QED) is 0.763. The number of fused-ring (bicyclic) bond motifs is 1. The number of aliphatic carboxylic acids is 1. The molecule has 3 aliphatic heterocycles. The molecular weight excluding hydrogens is 384 g/mol. The Morgan fingerprint density at radius 2 is 1.83 bits per heavy atom. The molecule has 0 aliphatic carbocycles. The van der Waals surface area contributed by atoms with Crippen molar-refractivity contribution in [3.05, 3.63) is 17.6 Å². The highest BCUT2D eigenvalue weighted by atomic mass is 16.4. The molecule has 9 heteroatoms. The minimum Gasteiger partial charge on any atom is -0.481 e. The van der Waals surface area contributed by atoms with Crippen LogP contribution in [0, 0.1) is 5.92 Å². The molecule has 1 unspecified atom stereocenters. The maximum absolute atomic E-state index is 13.1. The summed E-state index contributed by atoms with van der Waals surface area (Å²) >= 11 is 0. The van der Waals surface area contributed by atoms with Gasteiger partial charge in [-0.3, -0.25) is 14.7 Å². The lowest BCUT2D eigenvalue weighted by atomic mass is 10.0. The smallest absolute Gasteiger partial charge is 0.326 e. The van der Waals surface area contributed by atoms with E-state index in [0.29, 0.717) is 25.5 Å². The summed E-state index contributed by atoms with van der Waals surface area (Å²) in [6.07, 6.45) is 5.29. The van der Waals surface area contributed by atoms with Gasteiger partial charge in [-0.2, -0.15) is 0 Å². The zero-order valence-corrected chi connectivity index (χ0v) is 18.0. The third-order valence-electron chi connectivity index (χ3n) is 6.65. The standard InChI is InChI=1S/C21H32N6O3/c1-15(20(28)29)14-25-9-3-16(4-10-25)26-11-12-27(21(26)30)19-13-22-17-5-7-24(2)8-6-18(17)23-19/h13,15-16H,3-12,14H2,1-2H3,(H,28,29). The first-order valence-electron chi connectivity index (χ1n) is 11.0. The molecule has 4 heterocycles. The van der Waals surface area contributed by atoms with E-state index < -0.39 is 5.97 Å². The molecule has 0 aromatic carbocycles. The minimum atomic E-state index is -0.754. The van der Waals surface area contributed by atoms with Crippen molar-refractivity contribution in [3.63, 3.8) is 0 Å². The first kappa shape index (κ1) is 21.0. The van der Waals surface area contributed by atoms with E-state index in [1.165, 1.54) is 0 Å². The van der Waals surface area contributed by atoms with E-state index in [9.17, 15) is 9.59 Å². The van der Waals surface area contributed by atoms with E-state index in [1.54, 1.807) is 18.0 Å². The zero-order valence-electron chi connectivity index (χ0n) is 18.0. The monoisotopic (exact) mass is 416 g/mol. The number of hydrogen-bond acceptors (Lipinski definition) is 6. The first-order valence-corrected chi connectivity index (χ1v) is 11.0. The van der Waals surface area contributed by atoms with Gasteiger partial charge in [-0.15, -0.1) is 0 Å². The van der Waals surface area contributed by atoms with Crippen LogP contribution in [0.15, 0.2) is 6.20 Å². The fourth-order valence-corrected chi connectivity index (χ4v) is 4.67. The molecule has 30 heavy (non-hydrogen) atoms. The van der Waals surface area contributed by atoms with Gasteiger partial charge in [0.2, 0.25) is 0 Å². The molecule has 3 aliphatic rings. The van der Waals surface area contributed by atoms with Crippen LogP contribution in [0.2, 0.25) is 0 Å². The van der Waals surface area contributed by atoms with Gasteiger partial charge in [-0.1, -0.05) is 6.92 Å². The SMILES string of the molecule is CC(CN1CCC(N2CCN(c3cnc4c(n3)CCN(C)CC4)C2=O)CC1)C(=O)O. The number of anilines is 1. The summed E-state index contributed by atoms with van der Waals surface area (Å²) in [5.41, 5.74) is 2.07. The summed E-state index contributed by atoms with van der Waals surface area (Å²) in [5, 5.41) is 9.11. The lowest BCUT2D eigenvalue weighted by Crippen LogP contribution is -2.47. The second kappa shape index (κ2) is 8.85. The minimum absolute atomic E-state index is 0.0207. The van der Waals surface area contributed by atoms with Crippen LogP contribution >= 0.6 is 0 Å². The second-order valence-electron chi connectivity index (χ2n) is 8.82. The van der Waals surface area contributed by atoms with Gasteiger partial charge in [0.05, 0.1) is 23.5 Å². The van der Waals surface area contributed by atoms with Gasteiger partial charge >= 0.3 is 12.0 Å². The molecular formula is C21H32N6O3. The van der Waals surface area contributed by atoms with E-state index in [0.717, 1.165) is 63.3 Å². The normalized spacial score (nSPS) is 22.8. The van der Waals surface area contributed by atoms with Crippen molar-refractivity contribution in [1.82, 2.24) is 24.7 Å². The van der Waals surface area contributed by atoms with Crippen LogP contribution in [0.1, 0.15) is 31.2 Å². The predicted molar refractivity (Wildman–Crippen MR) is 113 cm³/mol. The van der Waals surface area contributed by atoms with E-state index in [2.05, 4.69) is 21.8 Å². The highest BCUT2D eigenvalue weighted by Gasteiger charge is 2.37. The van der Waals surface area contributed by atoms with Gasteiger partial charge in [0, 0.05) is 64.7 Å².